The molecule has 0 saturated heterocycles. The Hall–Kier alpha value is 0.976. The largest absolute Gasteiger partial charge is 2.00 e. The van der Waals surface area contributed by atoms with E-state index in [1.54, 1.807) is 12.4 Å². The summed E-state index contributed by atoms with van der Waals surface area (Å²) >= 11 is 3.25. The number of nitrogens with zero attached hydrogens (tertiary/aromatic N) is 1. The van der Waals surface area contributed by atoms with Crippen LogP contribution in [-0.2, 0) is 0 Å². The summed E-state index contributed by atoms with van der Waals surface area (Å²) < 4.78 is 1.02. The van der Waals surface area contributed by atoms with E-state index < -0.39 is 0 Å². The number of rotatable bonds is 0. The third-order valence-corrected chi connectivity index (χ3v) is 1.09. The Morgan fingerprint density at radius 3 is 2.10 bits per heavy atom. The molecule has 1 heterocycles. The predicted octanol–water partition coefficient (Wildman–Crippen LogP) is -4.53. The van der Waals surface area contributed by atoms with Crippen LogP contribution in [0.15, 0.2) is 29.0 Å². The van der Waals surface area contributed by atoms with Gasteiger partial charge in [-0.3, -0.25) is 4.98 Å². The summed E-state index contributed by atoms with van der Waals surface area (Å²) in [6.45, 7) is 0. The Kier molecular flexibility index (Phi) is 17.1. The third-order valence-electron chi connectivity index (χ3n) is 0.625. The summed E-state index contributed by atoms with van der Waals surface area (Å²) in [6, 6.07) is 3.82. The van der Waals surface area contributed by atoms with Crippen molar-refractivity contribution in [2.45, 2.75) is 0 Å². The van der Waals surface area contributed by atoms with Gasteiger partial charge in [-0.2, -0.15) is 0 Å². The molecule has 0 atom stereocenters. The van der Waals surface area contributed by atoms with E-state index in [9.17, 15) is 0 Å². The maximum Gasteiger partial charge on any atom is 2.00 e. The average Bonchev–Trinajstić information content (AvgIpc) is 1.69. The zero-order valence-corrected chi connectivity index (χ0v) is 9.61. The standard InChI is InChI=1S/C5H4BrN.2ClH.Mg/c6-5-2-1-3-7-4-5;;;/h1-4H;2*1H;/q;;;+2/p-2. The zero-order chi connectivity index (χ0) is 5.11. The maximum atomic E-state index is 3.84. The molecule has 1 aromatic heterocycles. The van der Waals surface area contributed by atoms with Crippen molar-refractivity contribution in [1.29, 1.82) is 0 Å². The molecule has 0 aliphatic carbocycles. The third kappa shape index (κ3) is 7.09. The summed E-state index contributed by atoms with van der Waals surface area (Å²) in [5.74, 6) is 0. The number of pyridine rings is 1. The first-order valence-corrected chi connectivity index (χ1v) is 2.74. The van der Waals surface area contributed by atoms with Crippen molar-refractivity contribution in [1.82, 2.24) is 4.98 Å². The van der Waals surface area contributed by atoms with Crippen molar-refractivity contribution < 1.29 is 24.8 Å². The van der Waals surface area contributed by atoms with Crippen molar-refractivity contribution in [3.8, 4) is 0 Å². The molecule has 0 aromatic carbocycles. The molecular formula is C5H4BrCl2MgN. The quantitative estimate of drug-likeness (QED) is 0.425. The molecule has 10 heavy (non-hydrogen) atoms. The van der Waals surface area contributed by atoms with Crippen LogP contribution >= 0.6 is 15.9 Å². The van der Waals surface area contributed by atoms with Crippen molar-refractivity contribution in [3.63, 3.8) is 0 Å². The summed E-state index contributed by atoms with van der Waals surface area (Å²) in [6.07, 6.45) is 3.49. The second-order valence-electron chi connectivity index (χ2n) is 1.17. The molecule has 0 aliphatic heterocycles. The molecule has 0 saturated carbocycles. The van der Waals surface area contributed by atoms with Gasteiger partial charge >= 0.3 is 23.1 Å². The van der Waals surface area contributed by atoms with Crippen LogP contribution in [0.4, 0.5) is 0 Å². The Bertz CT molecular complexity index is 150. The van der Waals surface area contributed by atoms with Crippen LogP contribution in [0.1, 0.15) is 0 Å². The summed E-state index contributed by atoms with van der Waals surface area (Å²) in [5.41, 5.74) is 0. The van der Waals surface area contributed by atoms with Gasteiger partial charge in [-0.1, -0.05) is 0 Å². The number of hydrogen-bond acceptors (Lipinski definition) is 1. The molecule has 0 amide bonds. The molecule has 1 aromatic rings. The maximum absolute atomic E-state index is 3.84. The summed E-state index contributed by atoms with van der Waals surface area (Å²) in [7, 11) is 0. The van der Waals surface area contributed by atoms with Crippen molar-refractivity contribution in [3.05, 3.63) is 29.0 Å². The minimum absolute atomic E-state index is 0. The van der Waals surface area contributed by atoms with E-state index in [1.165, 1.54) is 0 Å². The molecule has 0 spiro atoms. The van der Waals surface area contributed by atoms with Gasteiger partial charge in [0.05, 0.1) is 0 Å². The Morgan fingerprint density at radius 1 is 1.30 bits per heavy atom. The van der Waals surface area contributed by atoms with Gasteiger partial charge in [-0.15, -0.1) is 0 Å². The minimum atomic E-state index is 0. The molecule has 1 nitrogen and oxygen atoms in total. The van der Waals surface area contributed by atoms with Gasteiger partial charge in [0.2, 0.25) is 0 Å². The van der Waals surface area contributed by atoms with Crippen LogP contribution in [0.5, 0.6) is 0 Å². The van der Waals surface area contributed by atoms with Crippen LogP contribution in [0.2, 0.25) is 0 Å². The minimum Gasteiger partial charge on any atom is -1.00 e. The van der Waals surface area contributed by atoms with Crippen LogP contribution in [0, 0.1) is 0 Å². The van der Waals surface area contributed by atoms with Crippen LogP contribution in [-0.4, -0.2) is 28.0 Å². The molecular weight excluding hydrogens is 249 g/mol. The SMILES string of the molecule is Brc1cccnc1.[Cl-].[Cl-].[Mg+2]. The zero-order valence-electron chi connectivity index (χ0n) is 5.10. The number of hydrogen-bond donors (Lipinski definition) is 0. The Balaban J connectivity index is -0.000000163. The van der Waals surface area contributed by atoms with Crippen molar-refractivity contribution in [2.75, 3.05) is 0 Å². The number of aromatic nitrogens is 1. The van der Waals surface area contributed by atoms with Gasteiger partial charge in [0.1, 0.15) is 0 Å². The molecule has 52 valence electrons. The molecule has 5 heteroatoms. The second kappa shape index (κ2) is 9.98. The molecule has 0 unspecified atom stereocenters. The monoisotopic (exact) mass is 251 g/mol. The Labute approximate surface area is 97.1 Å². The normalized spacial score (nSPS) is 6.10. The van der Waals surface area contributed by atoms with Crippen molar-refractivity contribution >= 4 is 39.0 Å². The van der Waals surface area contributed by atoms with E-state index in [0.717, 1.165) is 4.47 Å². The molecule has 0 aliphatic rings. The molecule has 1 rings (SSSR count). The topological polar surface area (TPSA) is 12.9 Å². The van der Waals surface area contributed by atoms with E-state index >= 15 is 0 Å². The first-order chi connectivity index (χ1) is 3.39. The first kappa shape index (κ1) is 17.2. The van der Waals surface area contributed by atoms with Gasteiger partial charge in [0.15, 0.2) is 0 Å². The van der Waals surface area contributed by atoms with Crippen LogP contribution in [0.3, 0.4) is 0 Å². The fourth-order valence-corrected chi connectivity index (χ4v) is 0.613. The van der Waals surface area contributed by atoms with E-state index in [2.05, 4.69) is 20.9 Å². The van der Waals surface area contributed by atoms with Crippen LogP contribution < -0.4 is 24.8 Å². The fourth-order valence-electron chi connectivity index (χ4n) is 0.342. The summed E-state index contributed by atoms with van der Waals surface area (Å²) in [5, 5.41) is 0. The number of halogens is 3. The first-order valence-electron chi connectivity index (χ1n) is 1.95. The van der Waals surface area contributed by atoms with Gasteiger partial charge in [-0.05, 0) is 28.1 Å². The van der Waals surface area contributed by atoms with E-state index in [4.69, 9.17) is 0 Å². The average molecular weight is 253 g/mol. The van der Waals surface area contributed by atoms with Gasteiger partial charge in [0.25, 0.3) is 0 Å². The summed E-state index contributed by atoms with van der Waals surface area (Å²) in [4.78, 5) is 3.84. The van der Waals surface area contributed by atoms with E-state index in [-0.39, 0.29) is 47.9 Å². The van der Waals surface area contributed by atoms with Gasteiger partial charge < -0.3 is 24.8 Å². The molecule has 0 N–H and O–H groups in total. The Morgan fingerprint density at radius 2 is 1.90 bits per heavy atom. The molecule has 0 bridgehead atoms. The predicted molar refractivity (Wildman–Crippen MR) is 37.7 cm³/mol. The van der Waals surface area contributed by atoms with E-state index in [1.807, 2.05) is 12.1 Å². The van der Waals surface area contributed by atoms with Crippen molar-refractivity contribution in [2.24, 2.45) is 0 Å². The van der Waals surface area contributed by atoms with Gasteiger partial charge in [0, 0.05) is 16.9 Å². The fraction of sp³-hybridized carbons (Fsp3) is 0. The smallest absolute Gasteiger partial charge is 1.00 e. The second-order valence-corrected chi connectivity index (χ2v) is 2.09. The van der Waals surface area contributed by atoms with Gasteiger partial charge in [-0.25, -0.2) is 0 Å². The van der Waals surface area contributed by atoms with E-state index in [0.29, 0.717) is 0 Å². The molecule has 0 fully saturated rings. The molecule has 0 radical (unpaired) electrons. The van der Waals surface area contributed by atoms with Crippen LogP contribution in [0.25, 0.3) is 0 Å².